The summed E-state index contributed by atoms with van der Waals surface area (Å²) in [5.74, 6) is -1.07. The van der Waals surface area contributed by atoms with E-state index in [0.717, 1.165) is 50.5 Å². The quantitative estimate of drug-likeness (QED) is 0.294. The average molecular weight is 503 g/mol. The van der Waals surface area contributed by atoms with Crippen molar-refractivity contribution in [3.8, 4) is 0 Å². The summed E-state index contributed by atoms with van der Waals surface area (Å²) in [7, 11) is 0. The van der Waals surface area contributed by atoms with E-state index in [4.69, 9.17) is 5.11 Å². The van der Waals surface area contributed by atoms with Crippen LogP contribution < -0.4 is 0 Å². The Bertz CT molecular complexity index is 962. The molecule has 0 aromatic carbocycles. The smallest absolute Gasteiger partial charge is 0.331 e. The molecule has 0 radical (unpaired) electrons. The molecule has 3 saturated carbocycles. The Balaban J connectivity index is 1.90. The lowest BCUT2D eigenvalue weighted by Crippen LogP contribution is -2.57. The molecule has 3 rings (SSSR count). The summed E-state index contributed by atoms with van der Waals surface area (Å²) in [6.45, 7) is 12.9. The van der Waals surface area contributed by atoms with Crippen LogP contribution in [-0.4, -0.2) is 33.2 Å². The highest BCUT2D eigenvalue weighted by atomic mass is 16.4. The first-order valence-electron chi connectivity index (χ1n) is 13.7. The van der Waals surface area contributed by atoms with Gasteiger partial charge in [-0.2, -0.15) is 0 Å². The van der Waals surface area contributed by atoms with Gasteiger partial charge in [-0.25, -0.2) is 9.59 Å². The second-order valence-electron chi connectivity index (χ2n) is 12.8. The predicted molar refractivity (Wildman–Crippen MR) is 139 cm³/mol. The minimum Gasteiger partial charge on any atom is -0.481 e. The van der Waals surface area contributed by atoms with Gasteiger partial charge < -0.3 is 15.3 Å². The van der Waals surface area contributed by atoms with Crippen LogP contribution in [0.25, 0.3) is 0 Å². The first-order chi connectivity index (χ1) is 16.7. The lowest BCUT2D eigenvalue weighted by Gasteiger charge is -2.65. The van der Waals surface area contributed by atoms with Crippen molar-refractivity contribution < 1.29 is 29.7 Å². The van der Waals surface area contributed by atoms with Gasteiger partial charge >= 0.3 is 17.9 Å². The third kappa shape index (κ3) is 4.77. The molecule has 0 heterocycles. The predicted octanol–water partition coefficient (Wildman–Crippen LogP) is 6.95. The molecule has 36 heavy (non-hydrogen) atoms. The average Bonchev–Trinajstić information content (AvgIpc) is 3.07. The van der Waals surface area contributed by atoms with E-state index in [-0.39, 0.29) is 28.6 Å². The molecule has 3 aliphatic carbocycles. The van der Waals surface area contributed by atoms with E-state index in [0.29, 0.717) is 35.3 Å². The molecule has 3 fully saturated rings. The summed E-state index contributed by atoms with van der Waals surface area (Å²) in [4.78, 5) is 34.6. The van der Waals surface area contributed by atoms with Crippen molar-refractivity contribution in [3.05, 3.63) is 22.8 Å². The van der Waals surface area contributed by atoms with Crippen LogP contribution in [0.15, 0.2) is 22.8 Å². The normalized spacial score (nSPS) is 38.6. The summed E-state index contributed by atoms with van der Waals surface area (Å²) < 4.78 is 0. The van der Waals surface area contributed by atoms with Crippen molar-refractivity contribution in [2.24, 2.45) is 39.9 Å². The largest absolute Gasteiger partial charge is 0.481 e. The molecular weight excluding hydrogens is 456 g/mol. The summed E-state index contributed by atoms with van der Waals surface area (Å²) in [6, 6.07) is 0. The topological polar surface area (TPSA) is 112 Å². The molecule has 0 aromatic heterocycles. The van der Waals surface area contributed by atoms with E-state index in [1.807, 2.05) is 6.08 Å². The Morgan fingerprint density at radius 2 is 1.64 bits per heavy atom. The van der Waals surface area contributed by atoms with Crippen LogP contribution in [0.1, 0.15) is 106 Å². The van der Waals surface area contributed by atoms with Crippen molar-refractivity contribution >= 4 is 17.9 Å². The zero-order chi connectivity index (χ0) is 27.1. The lowest BCUT2D eigenvalue weighted by molar-refractivity contribution is -0.148. The van der Waals surface area contributed by atoms with Crippen LogP contribution in [0.3, 0.4) is 0 Å². The lowest BCUT2D eigenvalue weighted by atomic mass is 9.40. The fourth-order valence-electron chi connectivity index (χ4n) is 9.02. The Kier molecular flexibility index (Phi) is 8.17. The van der Waals surface area contributed by atoms with E-state index in [1.165, 1.54) is 6.42 Å². The monoisotopic (exact) mass is 502 g/mol. The molecule has 7 unspecified atom stereocenters. The summed E-state index contributed by atoms with van der Waals surface area (Å²) in [5.41, 5.74) is 1.98. The first-order valence-corrected chi connectivity index (χ1v) is 13.7. The Morgan fingerprint density at radius 3 is 2.22 bits per heavy atom. The molecule has 202 valence electrons. The van der Waals surface area contributed by atoms with Gasteiger partial charge in [0.2, 0.25) is 0 Å². The van der Waals surface area contributed by atoms with Gasteiger partial charge in [-0.1, -0.05) is 39.3 Å². The fraction of sp³-hybridized carbons (Fsp3) is 0.767. The zero-order valence-corrected chi connectivity index (χ0v) is 23.0. The molecule has 7 atom stereocenters. The highest BCUT2D eigenvalue weighted by molar-refractivity contribution is 5.87. The van der Waals surface area contributed by atoms with E-state index in [1.54, 1.807) is 13.8 Å². The molecule has 3 N–H and O–H groups in total. The molecule has 6 nitrogen and oxygen atoms in total. The van der Waals surface area contributed by atoms with Crippen LogP contribution in [0, 0.1) is 39.9 Å². The second kappa shape index (κ2) is 10.3. The molecular formula is C30H46O6. The van der Waals surface area contributed by atoms with Crippen molar-refractivity contribution in [1.82, 2.24) is 0 Å². The zero-order valence-electron chi connectivity index (χ0n) is 23.0. The number of carboxylic acids is 3. The SMILES string of the molecule is CC(=CCCC(C)C1CCC2(C)C3CCC(=C(C)C(=O)O)C(CCC(=O)O)C3(C)CCC12C)C(=O)O. The van der Waals surface area contributed by atoms with Gasteiger partial charge in [-0.15, -0.1) is 0 Å². The standard InChI is InChI=1S/C30H46O6/c1-18(8-7-9-19(2)26(33)34)22-14-15-30(6)24-12-10-21(20(3)27(35)36)23(11-13-25(31)32)28(24,4)16-17-29(22,30)5/h9,18,22-24H,7-8,10-17H2,1-6H3,(H,31,32)(H,33,34)(H,35,36). The molecule has 0 saturated heterocycles. The number of rotatable bonds is 9. The van der Waals surface area contributed by atoms with Crippen molar-refractivity contribution in [1.29, 1.82) is 0 Å². The van der Waals surface area contributed by atoms with E-state index in [2.05, 4.69) is 27.7 Å². The first kappa shape index (κ1) is 28.5. The van der Waals surface area contributed by atoms with Gasteiger partial charge in [0, 0.05) is 17.6 Å². The molecule has 0 spiro atoms. The number of aliphatic carboxylic acids is 3. The highest BCUT2D eigenvalue weighted by Gasteiger charge is 2.66. The van der Waals surface area contributed by atoms with Gasteiger partial charge in [0.1, 0.15) is 0 Å². The Labute approximate surface area is 216 Å². The Hall–Kier alpha value is -2.11. The molecule has 0 aliphatic heterocycles. The van der Waals surface area contributed by atoms with Gasteiger partial charge in [0.15, 0.2) is 0 Å². The minimum atomic E-state index is -0.888. The number of fused-ring (bicyclic) bond motifs is 3. The number of carboxylic acid groups (broad SMARTS) is 3. The van der Waals surface area contributed by atoms with Crippen molar-refractivity contribution in [2.45, 2.75) is 106 Å². The molecule has 3 aliphatic rings. The van der Waals surface area contributed by atoms with Crippen molar-refractivity contribution in [3.63, 3.8) is 0 Å². The van der Waals surface area contributed by atoms with Gasteiger partial charge in [-0.05, 0) is 112 Å². The summed E-state index contributed by atoms with van der Waals surface area (Å²) >= 11 is 0. The maximum Gasteiger partial charge on any atom is 0.331 e. The van der Waals surface area contributed by atoms with E-state index < -0.39 is 17.9 Å². The number of hydrogen-bond acceptors (Lipinski definition) is 3. The number of hydrogen-bond donors (Lipinski definition) is 3. The maximum atomic E-state index is 11.9. The second-order valence-corrected chi connectivity index (χ2v) is 12.8. The van der Waals surface area contributed by atoms with Gasteiger partial charge in [0.05, 0.1) is 0 Å². The van der Waals surface area contributed by atoms with E-state index in [9.17, 15) is 24.6 Å². The van der Waals surface area contributed by atoms with Crippen LogP contribution >= 0.6 is 0 Å². The third-order valence-corrected chi connectivity index (χ3v) is 11.3. The van der Waals surface area contributed by atoms with Crippen LogP contribution in [-0.2, 0) is 14.4 Å². The summed E-state index contributed by atoms with van der Waals surface area (Å²) in [6.07, 6.45) is 10.3. The highest BCUT2D eigenvalue weighted by Crippen LogP contribution is 2.74. The van der Waals surface area contributed by atoms with Gasteiger partial charge in [-0.3, -0.25) is 4.79 Å². The maximum absolute atomic E-state index is 11.9. The minimum absolute atomic E-state index is 0.00886. The molecule has 0 aromatic rings. The molecule has 0 amide bonds. The van der Waals surface area contributed by atoms with Gasteiger partial charge in [0.25, 0.3) is 0 Å². The number of carbonyl (C=O) groups is 3. The third-order valence-electron chi connectivity index (χ3n) is 11.3. The van der Waals surface area contributed by atoms with Crippen LogP contribution in [0.4, 0.5) is 0 Å². The Morgan fingerprint density at radius 1 is 0.972 bits per heavy atom. The molecule has 0 bridgehead atoms. The fourth-order valence-corrected chi connectivity index (χ4v) is 9.02. The van der Waals surface area contributed by atoms with Crippen LogP contribution in [0.5, 0.6) is 0 Å². The van der Waals surface area contributed by atoms with Crippen LogP contribution in [0.2, 0.25) is 0 Å². The van der Waals surface area contributed by atoms with E-state index >= 15 is 0 Å². The van der Waals surface area contributed by atoms with Crippen molar-refractivity contribution in [2.75, 3.05) is 0 Å². The summed E-state index contributed by atoms with van der Waals surface area (Å²) in [5, 5.41) is 28.4. The number of allylic oxidation sites excluding steroid dienone is 2. The molecule has 6 heteroatoms.